The van der Waals surface area contributed by atoms with Crippen molar-refractivity contribution >= 4 is 5.91 Å². The maximum atomic E-state index is 12.1. The van der Waals surface area contributed by atoms with Gasteiger partial charge in [-0.05, 0) is 29.8 Å². The monoisotopic (exact) mass is 266 g/mol. The van der Waals surface area contributed by atoms with E-state index in [4.69, 9.17) is 10.00 Å². The van der Waals surface area contributed by atoms with Crippen LogP contribution >= 0.6 is 0 Å². The van der Waals surface area contributed by atoms with E-state index in [1.54, 1.807) is 36.4 Å². The molecule has 0 aliphatic rings. The SMILES string of the molecule is COc1ccccc1C(=O)NCc1cccc(C#N)c1. The molecule has 0 atom stereocenters. The van der Waals surface area contributed by atoms with Gasteiger partial charge in [-0.1, -0.05) is 24.3 Å². The smallest absolute Gasteiger partial charge is 0.255 e. The Morgan fingerprint density at radius 2 is 2.05 bits per heavy atom. The van der Waals surface area contributed by atoms with Crippen LogP contribution in [0.2, 0.25) is 0 Å². The van der Waals surface area contributed by atoms with Gasteiger partial charge < -0.3 is 10.1 Å². The molecule has 0 unspecified atom stereocenters. The molecule has 0 aromatic heterocycles. The average Bonchev–Trinajstić information content (AvgIpc) is 2.52. The van der Waals surface area contributed by atoms with Crippen LogP contribution in [0.1, 0.15) is 21.5 Å². The van der Waals surface area contributed by atoms with E-state index in [0.717, 1.165) is 5.56 Å². The molecule has 0 aliphatic heterocycles. The van der Waals surface area contributed by atoms with Crippen molar-refractivity contribution in [1.82, 2.24) is 5.32 Å². The molecule has 0 bridgehead atoms. The van der Waals surface area contributed by atoms with Crippen molar-refractivity contribution in [2.75, 3.05) is 7.11 Å². The van der Waals surface area contributed by atoms with Crippen molar-refractivity contribution in [2.45, 2.75) is 6.54 Å². The van der Waals surface area contributed by atoms with E-state index in [1.165, 1.54) is 7.11 Å². The molecule has 0 saturated heterocycles. The second-order valence-corrected chi connectivity index (χ2v) is 4.20. The Balaban J connectivity index is 2.07. The van der Waals surface area contributed by atoms with Crippen molar-refractivity contribution in [1.29, 1.82) is 5.26 Å². The van der Waals surface area contributed by atoms with Crippen molar-refractivity contribution in [3.8, 4) is 11.8 Å². The lowest BCUT2D eigenvalue weighted by Crippen LogP contribution is -2.23. The molecule has 20 heavy (non-hydrogen) atoms. The van der Waals surface area contributed by atoms with Crippen LogP contribution in [-0.4, -0.2) is 13.0 Å². The number of nitrogens with one attached hydrogen (secondary N) is 1. The molecule has 2 aromatic rings. The molecule has 4 nitrogen and oxygen atoms in total. The zero-order valence-electron chi connectivity index (χ0n) is 11.1. The number of hydrogen-bond acceptors (Lipinski definition) is 3. The van der Waals surface area contributed by atoms with Crippen LogP contribution in [0.3, 0.4) is 0 Å². The maximum Gasteiger partial charge on any atom is 0.255 e. The first kappa shape index (κ1) is 13.6. The van der Waals surface area contributed by atoms with Gasteiger partial charge in [-0.2, -0.15) is 5.26 Å². The fraction of sp³-hybridized carbons (Fsp3) is 0.125. The quantitative estimate of drug-likeness (QED) is 0.924. The molecule has 0 heterocycles. The van der Waals surface area contributed by atoms with E-state index in [9.17, 15) is 4.79 Å². The molecule has 4 heteroatoms. The van der Waals surface area contributed by atoms with E-state index in [2.05, 4.69) is 11.4 Å². The second-order valence-electron chi connectivity index (χ2n) is 4.20. The van der Waals surface area contributed by atoms with Gasteiger partial charge in [-0.3, -0.25) is 4.79 Å². The summed E-state index contributed by atoms with van der Waals surface area (Å²) in [6.07, 6.45) is 0. The largest absolute Gasteiger partial charge is 0.496 e. The summed E-state index contributed by atoms with van der Waals surface area (Å²) in [5.41, 5.74) is 1.95. The minimum Gasteiger partial charge on any atom is -0.496 e. The number of hydrogen-bond donors (Lipinski definition) is 1. The van der Waals surface area contributed by atoms with E-state index in [0.29, 0.717) is 23.4 Å². The summed E-state index contributed by atoms with van der Waals surface area (Å²) in [5, 5.41) is 11.6. The predicted octanol–water partition coefficient (Wildman–Crippen LogP) is 2.50. The zero-order chi connectivity index (χ0) is 14.4. The minimum atomic E-state index is -0.204. The summed E-state index contributed by atoms with van der Waals surface area (Å²) in [6.45, 7) is 0.367. The minimum absolute atomic E-state index is 0.204. The number of carbonyl (C=O) groups is 1. The van der Waals surface area contributed by atoms with Crippen LogP contribution in [0.15, 0.2) is 48.5 Å². The average molecular weight is 266 g/mol. The number of benzene rings is 2. The van der Waals surface area contributed by atoms with Gasteiger partial charge in [0.05, 0.1) is 24.3 Å². The topological polar surface area (TPSA) is 62.1 Å². The van der Waals surface area contributed by atoms with Gasteiger partial charge in [0.2, 0.25) is 0 Å². The highest BCUT2D eigenvalue weighted by Crippen LogP contribution is 2.17. The molecule has 0 saturated carbocycles. The Bertz CT molecular complexity index is 660. The number of nitriles is 1. The molecular formula is C16H14N2O2. The Hall–Kier alpha value is -2.80. The Labute approximate surface area is 117 Å². The molecule has 0 fully saturated rings. The number of nitrogens with zero attached hydrogens (tertiary/aromatic N) is 1. The van der Waals surface area contributed by atoms with E-state index < -0.39 is 0 Å². The molecule has 2 aromatic carbocycles. The van der Waals surface area contributed by atoms with Crippen LogP contribution in [0.5, 0.6) is 5.75 Å². The molecule has 1 amide bonds. The van der Waals surface area contributed by atoms with Crippen LogP contribution in [0, 0.1) is 11.3 Å². The van der Waals surface area contributed by atoms with E-state index >= 15 is 0 Å². The van der Waals surface area contributed by atoms with Crippen LogP contribution in [0.4, 0.5) is 0 Å². The lowest BCUT2D eigenvalue weighted by molar-refractivity contribution is 0.0948. The highest BCUT2D eigenvalue weighted by atomic mass is 16.5. The first-order valence-electron chi connectivity index (χ1n) is 6.15. The van der Waals surface area contributed by atoms with Crippen LogP contribution < -0.4 is 10.1 Å². The third-order valence-corrected chi connectivity index (χ3v) is 2.86. The van der Waals surface area contributed by atoms with Gasteiger partial charge in [0.1, 0.15) is 5.75 Å². The fourth-order valence-electron chi connectivity index (χ4n) is 1.86. The van der Waals surface area contributed by atoms with Gasteiger partial charge in [0, 0.05) is 6.54 Å². The summed E-state index contributed by atoms with van der Waals surface area (Å²) < 4.78 is 5.15. The van der Waals surface area contributed by atoms with Gasteiger partial charge in [0.15, 0.2) is 0 Å². The fourth-order valence-corrected chi connectivity index (χ4v) is 1.86. The highest BCUT2D eigenvalue weighted by Gasteiger charge is 2.10. The number of para-hydroxylation sites is 1. The molecule has 0 radical (unpaired) electrons. The third kappa shape index (κ3) is 3.15. The third-order valence-electron chi connectivity index (χ3n) is 2.86. The van der Waals surface area contributed by atoms with Gasteiger partial charge in [-0.15, -0.1) is 0 Å². The molecular weight excluding hydrogens is 252 g/mol. The van der Waals surface area contributed by atoms with Crippen LogP contribution in [0.25, 0.3) is 0 Å². The zero-order valence-corrected chi connectivity index (χ0v) is 11.1. The normalized spacial score (nSPS) is 9.60. The molecule has 2 rings (SSSR count). The van der Waals surface area contributed by atoms with E-state index in [1.807, 2.05) is 12.1 Å². The van der Waals surface area contributed by atoms with Gasteiger partial charge >= 0.3 is 0 Å². The molecule has 1 N–H and O–H groups in total. The van der Waals surface area contributed by atoms with Gasteiger partial charge in [-0.25, -0.2) is 0 Å². The van der Waals surface area contributed by atoms with Crippen molar-refractivity contribution in [3.05, 3.63) is 65.2 Å². The van der Waals surface area contributed by atoms with Crippen molar-refractivity contribution in [3.63, 3.8) is 0 Å². The maximum absolute atomic E-state index is 12.1. The Morgan fingerprint density at radius 3 is 2.80 bits per heavy atom. The summed E-state index contributed by atoms with van der Waals surface area (Å²) in [5.74, 6) is 0.334. The second kappa shape index (κ2) is 6.39. The number of carbonyl (C=O) groups excluding carboxylic acids is 1. The predicted molar refractivity (Wildman–Crippen MR) is 75.3 cm³/mol. The summed E-state index contributed by atoms with van der Waals surface area (Å²) >= 11 is 0. The first-order valence-corrected chi connectivity index (χ1v) is 6.15. The van der Waals surface area contributed by atoms with E-state index in [-0.39, 0.29) is 5.91 Å². The number of methoxy groups -OCH3 is 1. The number of ether oxygens (including phenoxy) is 1. The highest BCUT2D eigenvalue weighted by molar-refractivity contribution is 5.96. The molecule has 0 aliphatic carbocycles. The van der Waals surface area contributed by atoms with Crippen molar-refractivity contribution in [2.24, 2.45) is 0 Å². The Morgan fingerprint density at radius 1 is 1.25 bits per heavy atom. The molecule has 0 spiro atoms. The summed E-state index contributed by atoms with van der Waals surface area (Å²) in [7, 11) is 1.53. The first-order chi connectivity index (χ1) is 9.74. The number of amides is 1. The molecule has 100 valence electrons. The Kier molecular flexibility index (Phi) is 4.35. The lowest BCUT2D eigenvalue weighted by atomic mass is 10.1. The standard InChI is InChI=1S/C16H14N2O2/c1-20-15-8-3-2-7-14(15)16(19)18-11-13-6-4-5-12(9-13)10-17/h2-9H,11H2,1H3,(H,18,19). The number of rotatable bonds is 4. The summed E-state index contributed by atoms with van der Waals surface area (Å²) in [6, 6.07) is 16.3. The van der Waals surface area contributed by atoms with Crippen LogP contribution in [-0.2, 0) is 6.54 Å². The lowest BCUT2D eigenvalue weighted by Gasteiger charge is -2.09. The van der Waals surface area contributed by atoms with Crippen molar-refractivity contribution < 1.29 is 9.53 Å². The summed E-state index contributed by atoms with van der Waals surface area (Å²) in [4.78, 5) is 12.1. The van der Waals surface area contributed by atoms with Gasteiger partial charge in [0.25, 0.3) is 5.91 Å².